The van der Waals surface area contributed by atoms with Crippen LogP contribution in [0.1, 0.15) is 18.4 Å². The quantitative estimate of drug-likeness (QED) is 0.890. The van der Waals surface area contributed by atoms with Crippen LogP contribution >= 0.6 is 11.3 Å². The number of nitrogens with one attached hydrogen (secondary N) is 1. The molecule has 90 valence electrons. The van der Waals surface area contributed by atoms with Crippen LogP contribution in [0, 0.1) is 0 Å². The molecule has 5 heteroatoms. The molecule has 1 aliphatic rings. The van der Waals surface area contributed by atoms with E-state index in [2.05, 4.69) is 22.1 Å². The first-order valence-electron chi connectivity index (χ1n) is 5.61. The molecule has 0 unspecified atom stereocenters. The molecule has 0 aliphatic carbocycles. The smallest absolute Gasteiger partial charge is 0.150 e. The first-order valence-corrected chi connectivity index (χ1v) is 8.37. The average Bonchev–Trinajstić information content (AvgIpc) is 2.73. The maximum atomic E-state index is 11.2. The Morgan fingerprint density at radius 2 is 2.12 bits per heavy atom. The molecule has 2 heterocycles. The summed E-state index contributed by atoms with van der Waals surface area (Å²) in [6.07, 6.45) is 2.57. The Balaban J connectivity index is 1.68. The van der Waals surface area contributed by atoms with E-state index in [1.54, 1.807) is 11.3 Å². The molecule has 16 heavy (non-hydrogen) atoms. The monoisotopic (exact) mass is 259 g/mol. The summed E-state index contributed by atoms with van der Waals surface area (Å²) in [6.45, 7) is 0.946. The highest BCUT2D eigenvalue weighted by molar-refractivity contribution is 7.91. The van der Waals surface area contributed by atoms with E-state index >= 15 is 0 Å². The number of rotatable bonds is 4. The standard InChI is InChI=1S/C11H17NO2S2/c13-16(14)7-3-11(4-8-16)12-5-1-10-2-6-15-9-10/h2,6,9,11-12H,1,3-5,7-8H2. The van der Waals surface area contributed by atoms with Crippen molar-refractivity contribution < 1.29 is 8.42 Å². The molecular formula is C11H17NO2S2. The number of thiophene rings is 1. The van der Waals surface area contributed by atoms with E-state index in [9.17, 15) is 8.42 Å². The van der Waals surface area contributed by atoms with E-state index in [1.165, 1.54) is 5.56 Å². The summed E-state index contributed by atoms with van der Waals surface area (Å²) in [6, 6.07) is 2.53. The molecule has 1 saturated heterocycles. The lowest BCUT2D eigenvalue weighted by Crippen LogP contribution is -2.38. The molecule has 1 aromatic heterocycles. The van der Waals surface area contributed by atoms with Gasteiger partial charge >= 0.3 is 0 Å². The summed E-state index contributed by atoms with van der Waals surface area (Å²) in [7, 11) is -2.72. The van der Waals surface area contributed by atoms with Gasteiger partial charge < -0.3 is 5.32 Å². The van der Waals surface area contributed by atoms with Gasteiger partial charge in [0.2, 0.25) is 0 Å². The van der Waals surface area contributed by atoms with Crippen LogP contribution in [-0.2, 0) is 16.3 Å². The third-order valence-electron chi connectivity index (χ3n) is 2.98. The average molecular weight is 259 g/mol. The van der Waals surface area contributed by atoms with Crippen molar-refractivity contribution >= 4 is 21.2 Å². The zero-order chi connectivity index (χ0) is 11.4. The van der Waals surface area contributed by atoms with Crippen LogP contribution in [-0.4, -0.2) is 32.5 Å². The maximum absolute atomic E-state index is 11.2. The van der Waals surface area contributed by atoms with Crippen LogP contribution in [0.3, 0.4) is 0 Å². The van der Waals surface area contributed by atoms with Gasteiger partial charge in [0.1, 0.15) is 9.84 Å². The van der Waals surface area contributed by atoms with E-state index in [0.29, 0.717) is 17.5 Å². The molecule has 1 aromatic rings. The van der Waals surface area contributed by atoms with Crippen LogP contribution in [0.15, 0.2) is 16.8 Å². The third kappa shape index (κ3) is 3.57. The Labute approximate surface area is 101 Å². The lowest BCUT2D eigenvalue weighted by atomic mass is 10.1. The normalized spacial score (nSPS) is 21.0. The van der Waals surface area contributed by atoms with Crippen LogP contribution in [0.25, 0.3) is 0 Å². The van der Waals surface area contributed by atoms with Crippen molar-refractivity contribution in [3.05, 3.63) is 22.4 Å². The summed E-state index contributed by atoms with van der Waals surface area (Å²) in [5, 5.41) is 7.68. The Bertz CT molecular complexity index is 397. The highest BCUT2D eigenvalue weighted by atomic mass is 32.2. The predicted octanol–water partition coefficient (Wildman–Crippen LogP) is 1.46. The number of hydrogen-bond donors (Lipinski definition) is 1. The van der Waals surface area contributed by atoms with E-state index in [-0.39, 0.29) is 0 Å². The Morgan fingerprint density at radius 3 is 2.75 bits per heavy atom. The Kier molecular flexibility index (Phi) is 4.00. The van der Waals surface area contributed by atoms with Crippen molar-refractivity contribution in [2.45, 2.75) is 25.3 Å². The maximum Gasteiger partial charge on any atom is 0.150 e. The van der Waals surface area contributed by atoms with Crippen molar-refractivity contribution in [3.63, 3.8) is 0 Å². The first kappa shape index (κ1) is 12.1. The molecule has 3 nitrogen and oxygen atoms in total. The molecule has 0 spiro atoms. The van der Waals surface area contributed by atoms with Gasteiger partial charge in [-0.15, -0.1) is 0 Å². The van der Waals surface area contributed by atoms with Gasteiger partial charge in [-0.2, -0.15) is 11.3 Å². The lowest BCUT2D eigenvalue weighted by molar-refractivity contribution is 0.466. The topological polar surface area (TPSA) is 46.2 Å². The summed E-state index contributed by atoms with van der Waals surface area (Å²) in [4.78, 5) is 0. The lowest BCUT2D eigenvalue weighted by Gasteiger charge is -2.22. The van der Waals surface area contributed by atoms with Gasteiger partial charge in [-0.1, -0.05) is 0 Å². The minimum atomic E-state index is -2.72. The van der Waals surface area contributed by atoms with Crippen molar-refractivity contribution in [2.24, 2.45) is 0 Å². The largest absolute Gasteiger partial charge is 0.314 e. The molecule has 0 aromatic carbocycles. The van der Waals surface area contributed by atoms with Crippen molar-refractivity contribution in [3.8, 4) is 0 Å². The van der Waals surface area contributed by atoms with E-state index in [1.807, 2.05) is 0 Å². The van der Waals surface area contributed by atoms with Crippen molar-refractivity contribution in [1.82, 2.24) is 5.32 Å². The van der Waals surface area contributed by atoms with E-state index < -0.39 is 9.84 Å². The molecule has 0 amide bonds. The van der Waals surface area contributed by atoms with Crippen LogP contribution in [0.5, 0.6) is 0 Å². The van der Waals surface area contributed by atoms with Gasteiger partial charge in [0.15, 0.2) is 0 Å². The second-order valence-corrected chi connectivity index (χ2v) is 7.35. The van der Waals surface area contributed by atoms with Crippen molar-refractivity contribution in [2.75, 3.05) is 18.1 Å². The molecular weight excluding hydrogens is 242 g/mol. The highest BCUT2D eigenvalue weighted by Crippen LogP contribution is 2.12. The molecule has 2 rings (SSSR count). The molecule has 1 fully saturated rings. The van der Waals surface area contributed by atoms with E-state index in [0.717, 1.165) is 25.8 Å². The zero-order valence-corrected chi connectivity index (χ0v) is 10.8. The predicted molar refractivity (Wildman–Crippen MR) is 67.7 cm³/mol. The Hall–Kier alpha value is -0.390. The summed E-state index contributed by atoms with van der Waals surface area (Å²) >= 11 is 1.72. The van der Waals surface area contributed by atoms with Crippen LogP contribution in [0.4, 0.5) is 0 Å². The van der Waals surface area contributed by atoms with Gasteiger partial charge in [0.05, 0.1) is 11.5 Å². The first-order chi connectivity index (χ1) is 7.66. The van der Waals surface area contributed by atoms with Gasteiger partial charge in [0, 0.05) is 6.04 Å². The molecule has 0 saturated carbocycles. The molecule has 1 aliphatic heterocycles. The van der Waals surface area contributed by atoms with Crippen LogP contribution < -0.4 is 5.32 Å². The second-order valence-electron chi connectivity index (χ2n) is 4.26. The molecule has 0 radical (unpaired) electrons. The van der Waals surface area contributed by atoms with Gasteiger partial charge in [-0.25, -0.2) is 8.42 Å². The van der Waals surface area contributed by atoms with Gasteiger partial charge in [0.25, 0.3) is 0 Å². The van der Waals surface area contributed by atoms with Crippen molar-refractivity contribution in [1.29, 1.82) is 0 Å². The van der Waals surface area contributed by atoms with Gasteiger partial charge in [-0.3, -0.25) is 0 Å². The second kappa shape index (κ2) is 5.29. The summed E-state index contributed by atoms with van der Waals surface area (Å²) < 4.78 is 22.5. The highest BCUT2D eigenvalue weighted by Gasteiger charge is 2.22. The minimum absolute atomic E-state index is 0.350. The fourth-order valence-corrected chi connectivity index (χ4v) is 4.14. The fourth-order valence-electron chi connectivity index (χ4n) is 1.95. The number of hydrogen-bond acceptors (Lipinski definition) is 4. The Morgan fingerprint density at radius 1 is 1.38 bits per heavy atom. The molecule has 1 N–H and O–H groups in total. The third-order valence-corrected chi connectivity index (χ3v) is 5.43. The molecule has 0 atom stereocenters. The minimum Gasteiger partial charge on any atom is -0.314 e. The van der Waals surface area contributed by atoms with E-state index in [4.69, 9.17) is 0 Å². The van der Waals surface area contributed by atoms with Gasteiger partial charge in [-0.05, 0) is 48.2 Å². The summed E-state index contributed by atoms with van der Waals surface area (Å²) in [5.74, 6) is 0.701. The van der Waals surface area contributed by atoms with Crippen LogP contribution in [0.2, 0.25) is 0 Å². The SMILES string of the molecule is O=S1(=O)CCC(NCCc2ccsc2)CC1. The fraction of sp³-hybridized carbons (Fsp3) is 0.636. The number of sulfone groups is 1. The molecule has 0 bridgehead atoms. The zero-order valence-electron chi connectivity index (χ0n) is 9.19. The summed E-state index contributed by atoms with van der Waals surface area (Å²) in [5.41, 5.74) is 1.36.